The van der Waals surface area contributed by atoms with E-state index in [0.29, 0.717) is 26.7 Å². The van der Waals surface area contributed by atoms with Crippen LogP contribution in [0.5, 0.6) is 0 Å². The lowest BCUT2D eigenvalue weighted by molar-refractivity contribution is 0.125. The molecular formula is C18H13Cl2NO. The Morgan fingerprint density at radius 2 is 1.45 bits per heavy atom. The van der Waals surface area contributed by atoms with E-state index in [1.54, 1.807) is 42.7 Å². The van der Waals surface area contributed by atoms with Crippen LogP contribution in [-0.2, 0) is 5.60 Å². The van der Waals surface area contributed by atoms with E-state index in [2.05, 4.69) is 4.98 Å². The Bertz CT molecular complexity index is 775. The number of aliphatic hydroxyl groups is 1. The maximum Gasteiger partial charge on any atom is 0.143 e. The molecule has 2 nitrogen and oxygen atoms in total. The fourth-order valence-corrected chi connectivity index (χ4v) is 2.86. The van der Waals surface area contributed by atoms with Crippen molar-refractivity contribution in [1.29, 1.82) is 0 Å². The molecule has 0 spiro atoms. The molecular weight excluding hydrogens is 317 g/mol. The molecule has 0 fully saturated rings. The van der Waals surface area contributed by atoms with Gasteiger partial charge in [0.15, 0.2) is 0 Å². The first-order valence-electron chi connectivity index (χ1n) is 6.76. The fourth-order valence-electron chi connectivity index (χ4n) is 2.49. The van der Waals surface area contributed by atoms with E-state index in [1.165, 1.54) is 0 Å². The van der Waals surface area contributed by atoms with Gasteiger partial charge in [0.1, 0.15) is 5.60 Å². The Kier molecular flexibility index (Phi) is 4.16. The normalized spacial score (nSPS) is 13.6. The number of nitrogens with zero attached hydrogens (tertiary/aromatic N) is 1. The molecule has 0 aliphatic rings. The van der Waals surface area contributed by atoms with Gasteiger partial charge in [0.25, 0.3) is 0 Å². The number of halogens is 2. The van der Waals surface area contributed by atoms with E-state index in [0.717, 1.165) is 0 Å². The molecule has 1 heterocycles. The third-order valence-corrected chi connectivity index (χ3v) is 4.19. The summed E-state index contributed by atoms with van der Waals surface area (Å²) in [4.78, 5) is 4.11. The quantitative estimate of drug-likeness (QED) is 0.757. The number of pyridine rings is 1. The summed E-state index contributed by atoms with van der Waals surface area (Å²) in [7, 11) is 0. The first-order chi connectivity index (χ1) is 10.6. The summed E-state index contributed by atoms with van der Waals surface area (Å²) in [6.07, 6.45) is 3.18. The molecule has 0 aliphatic carbocycles. The monoisotopic (exact) mass is 329 g/mol. The van der Waals surface area contributed by atoms with Crippen LogP contribution in [0.15, 0.2) is 73.1 Å². The van der Waals surface area contributed by atoms with Crippen LogP contribution in [0.4, 0.5) is 0 Å². The van der Waals surface area contributed by atoms with Crippen LogP contribution >= 0.6 is 23.2 Å². The Morgan fingerprint density at radius 3 is 2.09 bits per heavy atom. The van der Waals surface area contributed by atoms with E-state index in [1.807, 2.05) is 30.3 Å². The summed E-state index contributed by atoms with van der Waals surface area (Å²) < 4.78 is 0. The predicted molar refractivity (Wildman–Crippen MR) is 89.2 cm³/mol. The fraction of sp³-hybridized carbons (Fsp3) is 0.0556. The molecule has 0 amide bonds. The molecule has 0 radical (unpaired) electrons. The molecule has 1 aromatic heterocycles. The number of hydrogen-bond donors (Lipinski definition) is 1. The van der Waals surface area contributed by atoms with Crippen molar-refractivity contribution in [2.45, 2.75) is 5.60 Å². The van der Waals surface area contributed by atoms with Gasteiger partial charge in [-0.1, -0.05) is 65.7 Å². The van der Waals surface area contributed by atoms with Gasteiger partial charge in [-0.05, 0) is 29.3 Å². The largest absolute Gasteiger partial charge is 0.376 e. The highest BCUT2D eigenvalue weighted by Crippen LogP contribution is 2.39. The van der Waals surface area contributed by atoms with Crippen LogP contribution in [0, 0.1) is 0 Å². The minimum Gasteiger partial charge on any atom is -0.376 e. The van der Waals surface area contributed by atoms with E-state index < -0.39 is 5.60 Å². The van der Waals surface area contributed by atoms with Crippen molar-refractivity contribution in [1.82, 2.24) is 4.98 Å². The van der Waals surface area contributed by atoms with E-state index in [-0.39, 0.29) is 0 Å². The van der Waals surface area contributed by atoms with Crippen molar-refractivity contribution in [3.8, 4) is 0 Å². The zero-order chi connectivity index (χ0) is 15.6. The van der Waals surface area contributed by atoms with Gasteiger partial charge < -0.3 is 5.11 Å². The molecule has 1 atom stereocenters. The van der Waals surface area contributed by atoms with Gasteiger partial charge in [-0.3, -0.25) is 4.98 Å². The summed E-state index contributed by atoms with van der Waals surface area (Å²) >= 11 is 12.3. The van der Waals surface area contributed by atoms with Crippen LogP contribution in [-0.4, -0.2) is 10.1 Å². The Hall–Kier alpha value is -1.87. The van der Waals surface area contributed by atoms with Crippen molar-refractivity contribution in [2.75, 3.05) is 0 Å². The van der Waals surface area contributed by atoms with Gasteiger partial charge in [0.05, 0.1) is 5.02 Å². The van der Waals surface area contributed by atoms with Crippen molar-refractivity contribution in [2.24, 2.45) is 0 Å². The molecule has 0 bridgehead atoms. The van der Waals surface area contributed by atoms with Crippen LogP contribution in [0.25, 0.3) is 0 Å². The molecule has 0 aliphatic heterocycles. The van der Waals surface area contributed by atoms with Crippen molar-refractivity contribution >= 4 is 23.2 Å². The van der Waals surface area contributed by atoms with Gasteiger partial charge in [0, 0.05) is 23.0 Å². The van der Waals surface area contributed by atoms with Crippen LogP contribution in [0.2, 0.25) is 10.0 Å². The highest BCUT2D eigenvalue weighted by atomic mass is 35.5. The molecule has 2 aromatic carbocycles. The highest BCUT2D eigenvalue weighted by Gasteiger charge is 2.35. The third-order valence-electron chi connectivity index (χ3n) is 3.61. The van der Waals surface area contributed by atoms with Crippen molar-refractivity contribution in [3.05, 3.63) is 99.8 Å². The van der Waals surface area contributed by atoms with Gasteiger partial charge in [-0.15, -0.1) is 0 Å². The second-order valence-electron chi connectivity index (χ2n) is 4.94. The minimum atomic E-state index is -1.39. The average Bonchev–Trinajstić information content (AvgIpc) is 2.56. The predicted octanol–water partition coefficient (Wildman–Crippen LogP) is 4.67. The SMILES string of the molecule is OC(c1ccccc1)(c1ccc(Cl)cc1)c1cnccc1Cl. The summed E-state index contributed by atoms with van der Waals surface area (Å²) in [5.41, 5.74) is 0.535. The Labute approximate surface area is 139 Å². The van der Waals surface area contributed by atoms with E-state index in [4.69, 9.17) is 23.2 Å². The van der Waals surface area contributed by atoms with Crippen LogP contribution in [0.3, 0.4) is 0 Å². The summed E-state index contributed by atoms with van der Waals surface area (Å²) in [6, 6.07) is 18.1. The maximum atomic E-state index is 11.5. The van der Waals surface area contributed by atoms with Gasteiger partial charge >= 0.3 is 0 Å². The molecule has 4 heteroatoms. The number of benzene rings is 2. The minimum absolute atomic E-state index is 0.455. The lowest BCUT2D eigenvalue weighted by Crippen LogP contribution is -2.29. The van der Waals surface area contributed by atoms with Crippen LogP contribution < -0.4 is 0 Å². The lowest BCUT2D eigenvalue weighted by Gasteiger charge is -2.30. The average molecular weight is 330 g/mol. The van der Waals surface area contributed by atoms with Gasteiger partial charge in [0.2, 0.25) is 0 Å². The van der Waals surface area contributed by atoms with Crippen molar-refractivity contribution in [3.63, 3.8) is 0 Å². The lowest BCUT2D eigenvalue weighted by atomic mass is 9.81. The number of rotatable bonds is 3. The summed E-state index contributed by atoms with van der Waals surface area (Å²) in [5.74, 6) is 0. The number of aromatic nitrogens is 1. The molecule has 22 heavy (non-hydrogen) atoms. The van der Waals surface area contributed by atoms with Gasteiger partial charge in [-0.2, -0.15) is 0 Å². The molecule has 110 valence electrons. The molecule has 3 rings (SSSR count). The second-order valence-corrected chi connectivity index (χ2v) is 5.78. The van der Waals surface area contributed by atoms with E-state index in [9.17, 15) is 5.11 Å². The first-order valence-corrected chi connectivity index (χ1v) is 7.52. The second kappa shape index (κ2) is 6.09. The molecule has 0 saturated carbocycles. The third kappa shape index (κ3) is 2.61. The first kappa shape index (κ1) is 15.0. The molecule has 3 aromatic rings. The van der Waals surface area contributed by atoms with Crippen molar-refractivity contribution < 1.29 is 5.11 Å². The Morgan fingerprint density at radius 1 is 0.818 bits per heavy atom. The summed E-state index contributed by atoms with van der Waals surface area (Å²) in [5, 5.41) is 12.6. The van der Waals surface area contributed by atoms with E-state index >= 15 is 0 Å². The standard InChI is InChI=1S/C18H13Cl2NO/c19-15-8-6-14(7-9-15)18(22,13-4-2-1-3-5-13)16-12-21-11-10-17(16)20/h1-12,22H. The van der Waals surface area contributed by atoms with Gasteiger partial charge in [-0.25, -0.2) is 0 Å². The molecule has 1 N–H and O–H groups in total. The zero-order valence-electron chi connectivity index (χ0n) is 11.6. The maximum absolute atomic E-state index is 11.5. The topological polar surface area (TPSA) is 33.1 Å². The molecule has 1 unspecified atom stereocenters. The zero-order valence-corrected chi connectivity index (χ0v) is 13.1. The summed E-state index contributed by atoms with van der Waals surface area (Å²) in [6.45, 7) is 0. The highest BCUT2D eigenvalue weighted by molar-refractivity contribution is 6.31. The molecule has 0 saturated heterocycles. The smallest absolute Gasteiger partial charge is 0.143 e. The van der Waals surface area contributed by atoms with Crippen LogP contribution in [0.1, 0.15) is 16.7 Å². The Balaban J connectivity index is 2.27. The number of hydrogen-bond acceptors (Lipinski definition) is 2.